The molecule has 1 atom stereocenters. The predicted octanol–water partition coefficient (Wildman–Crippen LogP) is 1.01. The molecule has 1 rings (SSSR count). The fraction of sp³-hybridized carbons (Fsp3) is 0.455. The van der Waals surface area contributed by atoms with Crippen LogP contribution in [0.1, 0.15) is 36.3 Å². The molecule has 0 fully saturated rings. The van der Waals surface area contributed by atoms with Gasteiger partial charge in [-0.05, 0) is 32.4 Å². The van der Waals surface area contributed by atoms with Crippen LogP contribution in [0.25, 0.3) is 0 Å². The van der Waals surface area contributed by atoms with Crippen LogP contribution in [0.5, 0.6) is 0 Å². The van der Waals surface area contributed by atoms with Crippen LogP contribution < -0.4 is 11.3 Å². The quantitative estimate of drug-likeness (QED) is 0.438. The highest BCUT2D eigenvalue weighted by Gasteiger charge is 2.12. The Kier molecular flexibility index (Phi) is 4.22. The third kappa shape index (κ3) is 3.01. The monoisotopic (exact) mass is 204 g/mol. The number of rotatable bonds is 3. The van der Waals surface area contributed by atoms with Crippen molar-refractivity contribution >= 4 is 0 Å². The normalized spacial score (nSPS) is 11.7. The van der Waals surface area contributed by atoms with Crippen LogP contribution in [0, 0.1) is 25.7 Å². The van der Waals surface area contributed by atoms with Gasteiger partial charge >= 0.3 is 0 Å². The van der Waals surface area contributed by atoms with E-state index in [1.807, 2.05) is 26.8 Å². The molecule has 1 unspecified atom stereocenters. The van der Waals surface area contributed by atoms with E-state index in [9.17, 15) is 0 Å². The third-order valence-electron chi connectivity index (χ3n) is 2.20. The lowest BCUT2D eigenvalue weighted by atomic mass is 10.0. The molecule has 0 aliphatic rings. The predicted molar refractivity (Wildman–Crippen MR) is 59.6 cm³/mol. The number of nitrogens with one attached hydrogen (secondary N) is 1. The van der Waals surface area contributed by atoms with E-state index in [4.69, 9.17) is 5.84 Å². The minimum absolute atomic E-state index is 0.0200. The topological polar surface area (TPSA) is 63.8 Å². The molecular formula is C11H16N4. The Labute approximate surface area is 90.3 Å². The highest BCUT2D eigenvalue weighted by Crippen LogP contribution is 2.18. The van der Waals surface area contributed by atoms with Crippen LogP contribution in [-0.4, -0.2) is 10.2 Å². The lowest BCUT2D eigenvalue weighted by Gasteiger charge is -2.15. The molecule has 1 heterocycles. The van der Waals surface area contributed by atoms with Gasteiger partial charge in [0.05, 0.1) is 17.4 Å². The molecule has 0 saturated heterocycles. The summed E-state index contributed by atoms with van der Waals surface area (Å²) in [6.45, 7) is 5.65. The zero-order valence-electron chi connectivity index (χ0n) is 9.33. The van der Waals surface area contributed by atoms with Crippen molar-refractivity contribution in [1.29, 1.82) is 0 Å². The fourth-order valence-electron chi connectivity index (χ4n) is 1.39. The Bertz CT molecular complexity index is 389. The average Bonchev–Trinajstić information content (AvgIpc) is 2.24. The smallest absolute Gasteiger partial charge is 0.0649 e. The first-order valence-electron chi connectivity index (χ1n) is 4.85. The Balaban J connectivity index is 2.98. The van der Waals surface area contributed by atoms with Crippen molar-refractivity contribution in [3.05, 3.63) is 23.0 Å². The molecule has 3 N–H and O–H groups in total. The number of hydrazine groups is 1. The number of hydrogen-bond donors (Lipinski definition) is 2. The maximum absolute atomic E-state index is 5.50. The first kappa shape index (κ1) is 11.6. The van der Waals surface area contributed by atoms with Gasteiger partial charge in [0.25, 0.3) is 0 Å². The molecule has 0 saturated carbocycles. The zero-order valence-corrected chi connectivity index (χ0v) is 9.33. The Morgan fingerprint density at radius 2 is 2.20 bits per heavy atom. The minimum Gasteiger partial charge on any atom is -0.271 e. The first-order chi connectivity index (χ1) is 7.19. The molecule has 80 valence electrons. The fourth-order valence-corrected chi connectivity index (χ4v) is 1.39. The van der Waals surface area contributed by atoms with Gasteiger partial charge in [-0.3, -0.25) is 11.3 Å². The van der Waals surface area contributed by atoms with Gasteiger partial charge < -0.3 is 0 Å². The van der Waals surface area contributed by atoms with E-state index in [0.717, 1.165) is 17.0 Å². The van der Waals surface area contributed by atoms with E-state index < -0.39 is 0 Å². The van der Waals surface area contributed by atoms with E-state index in [1.54, 1.807) is 0 Å². The lowest BCUT2D eigenvalue weighted by Crippen LogP contribution is -2.28. The van der Waals surface area contributed by atoms with Gasteiger partial charge in [-0.25, -0.2) is 0 Å². The molecule has 4 heteroatoms. The van der Waals surface area contributed by atoms with E-state index in [-0.39, 0.29) is 6.04 Å². The minimum atomic E-state index is 0.0200. The Morgan fingerprint density at radius 1 is 1.47 bits per heavy atom. The number of nitrogens with two attached hydrogens (primary N) is 1. The summed E-state index contributed by atoms with van der Waals surface area (Å²) in [5.74, 6) is 11.4. The van der Waals surface area contributed by atoms with Crippen molar-refractivity contribution in [2.24, 2.45) is 5.84 Å². The van der Waals surface area contributed by atoms with E-state index in [2.05, 4.69) is 27.5 Å². The van der Waals surface area contributed by atoms with Gasteiger partial charge in [-0.2, -0.15) is 10.2 Å². The first-order valence-corrected chi connectivity index (χ1v) is 4.85. The maximum Gasteiger partial charge on any atom is 0.0649 e. The van der Waals surface area contributed by atoms with Gasteiger partial charge in [0, 0.05) is 6.42 Å². The highest BCUT2D eigenvalue weighted by molar-refractivity contribution is 5.25. The molecule has 4 nitrogen and oxygen atoms in total. The van der Waals surface area contributed by atoms with Crippen LogP contribution in [0.15, 0.2) is 6.07 Å². The van der Waals surface area contributed by atoms with Crippen LogP contribution in [0.4, 0.5) is 0 Å². The van der Waals surface area contributed by atoms with E-state index in [0.29, 0.717) is 6.42 Å². The summed E-state index contributed by atoms with van der Waals surface area (Å²) < 4.78 is 0. The van der Waals surface area contributed by atoms with Gasteiger partial charge in [-0.1, -0.05) is 0 Å². The molecule has 15 heavy (non-hydrogen) atoms. The van der Waals surface area contributed by atoms with Gasteiger partial charge in [0.15, 0.2) is 0 Å². The van der Waals surface area contributed by atoms with Gasteiger partial charge in [-0.15, -0.1) is 11.8 Å². The van der Waals surface area contributed by atoms with Crippen LogP contribution in [0.3, 0.4) is 0 Å². The summed E-state index contributed by atoms with van der Waals surface area (Å²) in [4.78, 5) is 0. The standard InChI is InChI=1S/C11H16N4/c1-4-5-6-11(13-12)10-7-8(2)14-15-9(10)3/h7,11,13H,6,12H2,1-3H3. The number of aryl methyl sites for hydroxylation is 2. The van der Waals surface area contributed by atoms with E-state index >= 15 is 0 Å². The molecule has 0 spiro atoms. The molecule has 1 aromatic heterocycles. The van der Waals surface area contributed by atoms with E-state index in [1.165, 1.54) is 0 Å². The summed E-state index contributed by atoms with van der Waals surface area (Å²) in [6, 6.07) is 2.01. The zero-order chi connectivity index (χ0) is 11.3. The molecule has 0 bridgehead atoms. The molecule has 0 radical (unpaired) electrons. The van der Waals surface area contributed by atoms with Crippen molar-refractivity contribution in [2.45, 2.75) is 33.2 Å². The molecule has 0 aromatic carbocycles. The summed E-state index contributed by atoms with van der Waals surface area (Å²) in [6.07, 6.45) is 0.680. The maximum atomic E-state index is 5.50. The summed E-state index contributed by atoms with van der Waals surface area (Å²) >= 11 is 0. The Morgan fingerprint density at radius 3 is 2.80 bits per heavy atom. The average molecular weight is 204 g/mol. The van der Waals surface area contributed by atoms with Crippen molar-refractivity contribution in [1.82, 2.24) is 15.6 Å². The number of aromatic nitrogens is 2. The van der Waals surface area contributed by atoms with Crippen molar-refractivity contribution < 1.29 is 0 Å². The van der Waals surface area contributed by atoms with Crippen LogP contribution >= 0.6 is 0 Å². The van der Waals surface area contributed by atoms with Crippen molar-refractivity contribution in [2.75, 3.05) is 0 Å². The highest BCUT2D eigenvalue weighted by atomic mass is 15.2. The van der Waals surface area contributed by atoms with Crippen molar-refractivity contribution in [3.8, 4) is 11.8 Å². The second-order valence-corrected chi connectivity index (χ2v) is 3.38. The molecule has 0 aliphatic heterocycles. The van der Waals surface area contributed by atoms with Gasteiger partial charge in [0.1, 0.15) is 0 Å². The number of nitrogens with zero attached hydrogens (tertiary/aromatic N) is 2. The third-order valence-corrected chi connectivity index (χ3v) is 2.20. The summed E-state index contributed by atoms with van der Waals surface area (Å²) in [7, 11) is 0. The summed E-state index contributed by atoms with van der Waals surface area (Å²) in [5.41, 5.74) is 5.59. The SMILES string of the molecule is CC#CCC(NN)c1cc(C)nnc1C. The van der Waals surface area contributed by atoms with Crippen LogP contribution in [-0.2, 0) is 0 Å². The van der Waals surface area contributed by atoms with Gasteiger partial charge in [0.2, 0.25) is 0 Å². The molecule has 1 aromatic rings. The lowest BCUT2D eigenvalue weighted by molar-refractivity contribution is 0.559. The van der Waals surface area contributed by atoms with Crippen LogP contribution in [0.2, 0.25) is 0 Å². The summed E-state index contributed by atoms with van der Waals surface area (Å²) in [5, 5.41) is 8.04. The molecular weight excluding hydrogens is 188 g/mol. The Hall–Kier alpha value is -1.44. The second kappa shape index (κ2) is 5.44. The second-order valence-electron chi connectivity index (χ2n) is 3.38. The van der Waals surface area contributed by atoms with Crippen molar-refractivity contribution in [3.63, 3.8) is 0 Å². The molecule has 0 aliphatic carbocycles. The largest absolute Gasteiger partial charge is 0.271 e. The number of hydrogen-bond acceptors (Lipinski definition) is 4. The molecule has 0 amide bonds.